The second-order valence-electron chi connectivity index (χ2n) is 7.56. The van der Waals surface area contributed by atoms with E-state index >= 15 is 0 Å². The lowest BCUT2D eigenvalue weighted by atomic mass is 10.0. The highest BCUT2D eigenvalue weighted by molar-refractivity contribution is 5.85. The topological polar surface area (TPSA) is 95.4 Å². The van der Waals surface area contributed by atoms with Gasteiger partial charge in [-0.25, -0.2) is 4.79 Å². The van der Waals surface area contributed by atoms with Crippen LogP contribution in [0.5, 0.6) is 5.75 Å². The highest BCUT2D eigenvalue weighted by atomic mass is 16.5. The summed E-state index contributed by atoms with van der Waals surface area (Å²) >= 11 is 0. The number of aryl methyl sites for hydroxylation is 1. The van der Waals surface area contributed by atoms with Gasteiger partial charge >= 0.3 is 5.97 Å². The lowest BCUT2D eigenvalue weighted by molar-refractivity contribution is -0.136. The van der Waals surface area contributed by atoms with E-state index in [0.717, 1.165) is 12.0 Å². The molecule has 3 rings (SSSR count). The number of aromatic nitrogens is 1. The van der Waals surface area contributed by atoms with E-state index in [1.165, 1.54) is 6.26 Å². The SMILES string of the molecule is CCCc1cc2c(=O)c(-c3ccccn3)coc2cc1OC(=O)C(N)CC(C)C. The lowest BCUT2D eigenvalue weighted by Crippen LogP contribution is -2.35. The summed E-state index contributed by atoms with van der Waals surface area (Å²) in [5, 5.41) is 0.433. The Balaban J connectivity index is 2.03. The van der Waals surface area contributed by atoms with Crippen LogP contribution in [0.25, 0.3) is 22.2 Å². The maximum Gasteiger partial charge on any atom is 0.328 e. The van der Waals surface area contributed by atoms with Gasteiger partial charge in [-0.05, 0) is 42.5 Å². The van der Waals surface area contributed by atoms with Gasteiger partial charge in [-0.2, -0.15) is 0 Å². The molecule has 2 heterocycles. The van der Waals surface area contributed by atoms with Crippen LogP contribution in [0.4, 0.5) is 0 Å². The number of esters is 1. The maximum atomic E-state index is 13.0. The van der Waals surface area contributed by atoms with Crippen molar-refractivity contribution in [3.63, 3.8) is 0 Å². The van der Waals surface area contributed by atoms with Crippen molar-refractivity contribution in [1.82, 2.24) is 4.98 Å². The fraction of sp³-hybridized carbons (Fsp3) is 0.348. The molecule has 0 spiro atoms. The number of hydrogen-bond donors (Lipinski definition) is 1. The Labute approximate surface area is 169 Å². The Kier molecular flexibility index (Phi) is 6.44. The summed E-state index contributed by atoms with van der Waals surface area (Å²) in [5.41, 5.74) is 7.86. The minimum absolute atomic E-state index is 0.170. The molecule has 6 heteroatoms. The number of hydrogen-bond acceptors (Lipinski definition) is 6. The van der Waals surface area contributed by atoms with E-state index in [0.29, 0.717) is 40.8 Å². The summed E-state index contributed by atoms with van der Waals surface area (Å²) in [6, 6.07) is 8.02. The molecule has 0 fully saturated rings. The van der Waals surface area contributed by atoms with Crippen molar-refractivity contribution >= 4 is 16.9 Å². The quantitative estimate of drug-likeness (QED) is 0.479. The van der Waals surface area contributed by atoms with Gasteiger partial charge in [-0.15, -0.1) is 0 Å². The minimum atomic E-state index is -0.696. The molecule has 0 aliphatic heterocycles. The summed E-state index contributed by atoms with van der Waals surface area (Å²) < 4.78 is 11.3. The first-order chi connectivity index (χ1) is 13.9. The van der Waals surface area contributed by atoms with E-state index in [1.54, 1.807) is 30.5 Å². The predicted octanol–water partition coefficient (Wildman–Crippen LogP) is 4.09. The molecule has 0 saturated heterocycles. The third-order valence-corrected chi connectivity index (χ3v) is 4.65. The fourth-order valence-corrected chi connectivity index (χ4v) is 3.25. The third kappa shape index (κ3) is 4.71. The van der Waals surface area contributed by atoms with Crippen LogP contribution in [0.1, 0.15) is 39.2 Å². The molecule has 29 heavy (non-hydrogen) atoms. The predicted molar refractivity (Wildman–Crippen MR) is 113 cm³/mol. The van der Waals surface area contributed by atoms with E-state index < -0.39 is 12.0 Å². The zero-order valence-electron chi connectivity index (χ0n) is 17.0. The zero-order chi connectivity index (χ0) is 21.0. The number of rotatable bonds is 7. The van der Waals surface area contributed by atoms with Gasteiger partial charge in [0.25, 0.3) is 0 Å². The molecule has 6 nitrogen and oxygen atoms in total. The number of nitrogens with zero attached hydrogens (tertiary/aromatic N) is 1. The van der Waals surface area contributed by atoms with Gasteiger partial charge in [0.2, 0.25) is 5.43 Å². The van der Waals surface area contributed by atoms with Crippen LogP contribution in [0.3, 0.4) is 0 Å². The number of carbonyl (C=O) groups excluding carboxylic acids is 1. The van der Waals surface area contributed by atoms with Gasteiger partial charge in [0.15, 0.2) is 0 Å². The average molecular weight is 394 g/mol. The summed E-state index contributed by atoms with van der Waals surface area (Å²) in [6.45, 7) is 6.02. The third-order valence-electron chi connectivity index (χ3n) is 4.65. The van der Waals surface area contributed by atoms with Crippen LogP contribution in [0.2, 0.25) is 0 Å². The molecular formula is C23H26N2O4. The molecule has 1 atom stereocenters. The van der Waals surface area contributed by atoms with Crippen molar-refractivity contribution in [2.24, 2.45) is 11.7 Å². The number of pyridine rings is 1. The zero-order valence-corrected chi connectivity index (χ0v) is 17.0. The second-order valence-corrected chi connectivity index (χ2v) is 7.56. The van der Waals surface area contributed by atoms with Crippen molar-refractivity contribution < 1.29 is 13.9 Å². The number of benzene rings is 1. The average Bonchev–Trinajstić information content (AvgIpc) is 2.69. The first-order valence-corrected chi connectivity index (χ1v) is 9.87. The number of nitrogens with two attached hydrogens (primary N) is 1. The van der Waals surface area contributed by atoms with E-state index in [9.17, 15) is 9.59 Å². The van der Waals surface area contributed by atoms with Crippen molar-refractivity contribution in [3.8, 4) is 17.0 Å². The summed E-state index contributed by atoms with van der Waals surface area (Å²) in [7, 11) is 0. The van der Waals surface area contributed by atoms with E-state index in [2.05, 4.69) is 4.98 Å². The van der Waals surface area contributed by atoms with Gasteiger partial charge in [-0.1, -0.05) is 33.3 Å². The molecule has 1 unspecified atom stereocenters. The Bertz CT molecular complexity index is 1060. The van der Waals surface area contributed by atoms with Crippen molar-refractivity contribution in [2.75, 3.05) is 0 Å². The van der Waals surface area contributed by atoms with Crippen LogP contribution < -0.4 is 15.9 Å². The number of carbonyl (C=O) groups is 1. The van der Waals surface area contributed by atoms with Gasteiger partial charge in [-0.3, -0.25) is 9.78 Å². The van der Waals surface area contributed by atoms with Crippen LogP contribution >= 0.6 is 0 Å². The molecule has 0 aliphatic carbocycles. The Morgan fingerprint density at radius 1 is 1.28 bits per heavy atom. The van der Waals surface area contributed by atoms with E-state index in [-0.39, 0.29) is 11.3 Å². The fourth-order valence-electron chi connectivity index (χ4n) is 3.25. The standard InChI is InChI=1S/C23H26N2O4/c1-4-7-15-11-16-21(12-20(15)29-23(27)18(24)10-14(2)3)28-13-17(22(16)26)19-8-5-6-9-25-19/h5-6,8-9,11-14,18H,4,7,10,24H2,1-3H3. The molecule has 152 valence electrons. The summed E-state index contributed by atoms with van der Waals surface area (Å²) in [4.78, 5) is 29.7. The highest BCUT2D eigenvalue weighted by Crippen LogP contribution is 2.28. The first kappa shape index (κ1) is 20.7. The smallest absolute Gasteiger partial charge is 0.328 e. The van der Waals surface area contributed by atoms with Crippen LogP contribution in [-0.2, 0) is 11.2 Å². The summed E-state index contributed by atoms with van der Waals surface area (Å²) in [5.74, 6) is 0.187. The van der Waals surface area contributed by atoms with Gasteiger partial charge < -0.3 is 14.9 Å². The molecular weight excluding hydrogens is 368 g/mol. The monoisotopic (exact) mass is 394 g/mol. The first-order valence-electron chi connectivity index (χ1n) is 9.87. The van der Waals surface area contributed by atoms with Gasteiger partial charge in [0.05, 0.1) is 16.6 Å². The molecule has 0 amide bonds. The normalized spacial score (nSPS) is 12.3. The molecule has 1 aromatic carbocycles. The van der Waals surface area contributed by atoms with E-state index in [4.69, 9.17) is 14.9 Å². The molecule has 3 aromatic rings. The van der Waals surface area contributed by atoms with Gasteiger partial charge in [0.1, 0.15) is 23.6 Å². The second kappa shape index (κ2) is 9.01. The Hall–Kier alpha value is -2.99. The number of ether oxygens (including phenoxy) is 1. The Morgan fingerprint density at radius 2 is 2.07 bits per heavy atom. The van der Waals surface area contributed by atoms with Crippen LogP contribution in [0, 0.1) is 5.92 Å². The molecule has 0 aliphatic rings. The Morgan fingerprint density at radius 3 is 2.72 bits per heavy atom. The van der Waals surface area contributed by atoms with Crippen molar-refractivity contribution in [3.05, 3.63) is 58.6 Å². The van der Waals surface area contributed by atoms with Crippen LogP contribution in [-0.4, -0.2) is 17.0 Å². The largest absolute Gasteiger partial charge is 0.463 e. The molecule has 2 N–H and O–H groups in total. The number of fused-ring (bicyclic) bond motifs is 1. The van der Waals surface area contributed by atoms with Crippen molar-refractivity contribution in [2.45, 2.75) is 46.1 Å². The summed E-state index contributed by atoms with van der Waals surface area (Å²) in [6.07, 6.45) is 5.05. The van der Waals surface area contributed by atoms with Gasteiger partial charge in [0, 0.05) is 12.3 Å². The lowest BCUT2D eigenvalue weighted by Gasteiger charge is -2.15. The minimum Gasteiger partial charge on any atom is -0.463 e. The van der Waals surface area contributed by atoms with E-state index in [1.807, 2.05) is 26.8 Å². The molecule has 2 aromatic heterocycles. The molecule has 0 radical (unpaired) electrons. The van der Waals surface area contributed by atoms with Crippen molar-refractivity contribution in [1.29, 1.82) is 0 Å². The van der Waals surface area contributed by atoms with Crippen LogP contribution in [0.15, 0.2) is 52.0 Å². The molecule has 0 bridgehead atoms. The maximum absolute atomic E-state index is 13.0. The highest BCUT2D eigenvalue weighted by Gasteiger charge is 2.20. The molecule has 0 saturated carbocycles.